The number of aryl methyl sites for hydroxylation is 1. The lowest BCUT2D eigenvalue weighted by molar-refractivity contribution is -0.122. The second kappa shape index (κ2) is 6.44. The Morgan fingerprint density at radius 1 is 1.04 bits per heavy atom. The summed E-state index contributed by atoms with van der Waals surface area (Å²) in [6, 6.07) is 14.4. The predicted molar refractivity (Wildman–Crippen MR) is 110 cm³/mol. The van der Waals surface area contributed by atoms with Crippen LogP contribution in [0, 0.1) is 6.92 Å². The molecule has 2 aliphatic rings. The first-order valence-corrected chi connectivity index (χ1v) is 9.44. The molecule has 1 saturated heterocycles. The average molecular weight is 394 g/mol. The number of hydrogen-bond donors (Lipinski definition) is 0. The lowest BCUT2D eigenvalue weighted by atomic mass is 10.1. The summed E-state index contributed by atoms with van der Waals surface area (Å²) in [5.41, 5.74) is 2.95. The molecule has 0 spiro atoms. The molecule has 134 valence electrons. The molecule has 2 heterocycles. The number of hydrogen-bond acceptors (Lipinski definition) is 5. The van der Waals surface area contributed by atoms with Gasteiger partial charge in [-0.05, 0) is 30.7 Å². The maximum absolute atomic E-state index is 13.2. The Hall–Kier alpha value is -2.77. The monoisotopic (exact) mass is 394 g/mol. The highest BCUT2D eigenvalue weighted by atomic mass is 32.2. The fourth-order valence-corrected chi connectivity index (χ4v) is 4.63. The zero-order valence-electron chi connectivity index (χ0n) is 14.6. The molecule has 0 radical (unpaired) electrons. The van der Waals surface area contributed by atoms with E-state index in [1.54, 1.807) is 30.3 Å². The van der Waals surface area contributed by atoms with Crippen LogP contribution in [0.2, 0.25) is 0 Å². The molecule has 2 aromatic rings. The molecule has 0 atom stereocenters. The van der Waals surface area contributed by atoms with Crippen molar-refractivity contribution in [3.63, 3.8) is 0 Å². The van der Waals surface area contributed by atoms with E-state index in [1.807, 2.05) is 25.1 Å². The van der Waals surface area contributed by atoms with Gasteiger partial charge in [0.05, 0.1) is 21.9 Å². The fourth-order valence-electron chi connectivity index (χ4n) is 3.26. The van der Waals surface area contributed by atoms with Crippen molar-refractivity contribution in [2.45, 2.75) is 13.8 Å². The predicted octanol–water partition coefficient (Wildman–Crippen LogP) is 3.66. The van der Waals surface area contributed by atoms with Gasteiger partial charge in [0.15, 0.2) is 4.32 Å². The van der Waals surface area contributed by atoms with E-state index >= 15 is 0 Å². The normalized spacial score (nSPS) is 19.1. The third-order valence-corrected chi connectivity index (χ3v) is 5.77. The first-order valence-electron chi connectivity index (χ1n) is 8.22. The van der Waals surface area contributed by atoms with E-state index in [0.717, 1.165) is 22.2 Å². The van der Waals surface area contributed by atoms with Gasteiger partial charge in [-0.3, -0.25) is 19.3 Å². The minimum atomic E-state index is -0.492. The molecule has 0 saturated carbocycles. The molecule has 2 aromatic carbocycles. The van der Waals surface area contributed by atoms with Crippen molar-refractivity contribution >= 4 is 63.0 Å². The summed E-state index contributed by atoms with van der Waals surface area (Å²) in [7, 11) is 0. The highest BCUT2D eigenvalue weighted by Gasteiger charge is 2.43. The van der Waals surface area contributed by atoms with E-state index < -0.39 is 11.8 Å². The van der Waals surface area contributed by atoms with Crippen LogP contribution in [0.25, 0.3) is 5.57 Å². The number of nitrogens with zero attached hydrogens (tertiary/aromatic N) is 2. The number of fused-ring (bicyclic) bond motifs is 1. The fraction of sp³-hybridized carbons (Fsp3) is 0.100. The van der Waals surface area contributed by atoms with Crippen LogP contribution in [0.4, 0.5) is 11.4 Å². The summed E-state index contributed by atoms with van der Waals surface area (Å²) in [6.07, 6.45) is 0. The summed E-state index contributed by atoms with van der Waals surface area (Å²) >= 11 is 6.51. The van der Waals surface area contributed by atoms with Crippen molar-refractivity contribution in [3.05, 3.63) is 64.6 Å². The minimum absolute atomic E-state index is 0.230. The average Bonchev–Trinajstić information content (AvgIpc) is 3.07. The Morgan fingerprint density at radius 2 is 1.78 bits per heavy atom. The number of anilines is 2. The third kappa shape index (κ3) is 2.70. The maximum Gasteiger partial charge on any atom is 0.271 e. The molecular formula is C20H14N2O3S2. The Balaban J connectivity index is 1.87. The number of rotatable bonds is 1. The third-order valence-electron chi connectivity index (χ3n) is 4.40. The first-order chi connectivity index (χ1) is 12.9. The standard InChI is InChI=1S/C20H14N2O3S2/c1-11-6-5-7-13(10-11)22-19(25)17(27-20(22)26)16-14-8-3-4-9-15(14)21(12(2)23)18(16)24/h3-10H,1-2H3/b17-16+. The second-order valence-electron chi connectivity index (χ2n) is 6.23. The molecule has 5 nitrogen and oxygen atoms in total. The van der Waals surface area contributed by atoms with Crippen molar-refractivity contribution in [2.75, 3.05) is 9.80 Å². The van der Waals surface area contributed by atoms with Gasteiger partial charge in [-0.2, -0.15) is 0 Å². The quantitative estimate of drug-likeness (QED) is 0.546. The van der Waals surface area contributed by atoms with Gasteiger partial charge in [0.2, 0.25) is 5.91 Å². The van der Waals surface area contributed by atoms with Crippen LogP contribution >= 0.6 is 24.0 Å². The van der Waals surface area contributed by atoms with E-state index in [0.29, 0.717) is 21.3 Å². The number of thioether (sulfide) groups is 1. The number of carbonyl (C=O) groups excluding carboxylic acids is 3. The Bertz CT molecular complexity index is 1070. The molecule has 0 aliphatic carbocycles. The molecule has 1 fully saturated rings. The van der Waals surface area contributed by atoms with Crippen LogP contribution in [0.1, 0.15) is 18.1 Å². The van der Waals surface area contributed by atoms with E-state index in [2.05, 4.69) is 0 Å². The summed E-state index contributed by atoms with van der Waals surface area (Å²) in [4.78, 5) is 40.9. The lowest BCUT2D eigenvalue weighted by Crippen LogP contribution is -2.32. The molecule has 2 aliphatic heterocycles. The number of carbonyl (C=O) groups is 3. The van der Waals surface area contributed by atoms with E-state index in [9.17, 15) is 14.4 Å². The summed E-state index contributed by atoms with van der Waals surface area (Å²) < 4.78 is 0.361. The van der Waals surface area contributed by atoms with Crippen LogP contribution in [0.5, 0.6) is 0 Å². The van der Waals surface area contributed by atoms with Gasteiger partial charge in [0.1, 0.15) is 0 Å². The van der Waals surface area contributed by atoms with Crippen molar-refractivity contribution < 1.29 is 14.4 Å². The van der Waals surface area contributed by atoms with Crippen molar-refractivity contribution in [2.24, 2.45) is 0 Å². The summed E-state index contributed by atoms with van der Waals surface area (Å²) in [5.74, 6) is -1.23. The molecule has 7 heteroatoms. The Kier molecular flexibility index (Phi) is 4.20. The Labute approximate surface area is 165 Å². The zero-order valence-corrected chi connectivity index (χ0v) is 16.2. The molecule has 0 N–H and O–H groups in total. The van der Waals surface area contributed by atoms with Gasteiger partial charge in [-0.25, -0.2) is 4.90 Å². The van der Waals surface area contributed by atoms with Crippen LogP contribution in [0.15, 0.2) is 53.4 Å². The van der Waals surface area contributed by atoms with Crippen molar-refractivity contribution in [1.82, 2.24) is 0 Å². The van der Waals surface area contributed by atoms with Crippen molar-refractivity contribution in [3.8, 4) is 0 Å². The van der Waals surface area contributed by atoms with Crippen LogP contribution < -0.4 is 9.80 Å². The molecule has 4 rings (SSSR count). The topological polar surface area (TPSA) is 57.7 Å². The zero-order chi connectivity index (χ0) is 19.3. The van der Waals surface area contributed by atoms with Crippen LogP contribution in [0.3, 0.4) is 0 Å². The highest BCUT2D eigenvalue weighted by molar-refractivity contribution is 8.27. The number of benzene rings is 2. The molecular weight excluding hydrogens is 380 g/mol. The van der Waals surface area contributed by atoms with Gasteiger partial charge >= 0.3 is 0 Å². The van der Waals surface area contributed by atoms with Gasteiger partial charge in [-0.15, -0.1) is 0 Å². The highest BCUT2D eigenvalue weighted by Crippen LogP contribution is 2.45. The van der Waals surface area contributed by atoms with Crippen LogP contribution in [-0.4, -0.2) is 22.0 Å². The molecule has 27 heavy (non-hydrogen) atoms. The molecule has 0 aromatic heterocycles. The lowest BCUT2D eigenvalue weighted by Gasteiger charge is -2.15. The van der Waals surface area contributed by atoms with Gasteiger partial charge in [0.25, 0.3) is 11.8 Å². The first kappa shape index (κ1) is 17.6. The largest absolute Gasteiger partial charge is 0.274 e. The number of amides is 3. The van der Waals surface area contributed by atoms with Crippen molar-refractivity contribution in [1.29, 1.82) is 0 Å². The SMILES string of the molecule is CC(=O)N1C(=O)/C(=C2/SC(=S)N(c3cccc(C)c3)C2=O)c2ccccc21. The summed E-state index contributed by atoms with van der Waals surface area (Å²) in [6.45, 7) is 3.26. The van der Waals surface area contributed by atoms with E-state index in [1.165, 1.54) is 11.8 Å². The molecule has 3 amide bonds. The second-order valence-corrected chi connectivity index (χ2v) is 7.87. The minimum Gasteiger partial charge on any atom is -0.274 e. The van der Waals surface area contributed by atoms with Gasteiger partial charge in [-0.1, -0.05) is 54.3 Å². The number of thiocarbonyl (C=S) groups is 1. The Morgan fingerprint density at radius 3 is 2.48 bits per heavy atom. The van der Waals surface area contributed by atoms with E-state index in [4.69, 9.17) is 12.2 Å². The van der Waals surface area contributed by atoms with E-state index in [-0.39, 0.29) is 16.4 Å². The smallest absolute Gasteiger partial charge is 0.271 e. The molecule has 0 bridgehead atoms. The number of imide groups is 1. The summed E-state index contributed by atoms with van der Waals surface area (Å²) in [5, 5.41) is 0. The van der Waals surface area contributed by atoms with Gasteiger partial charge in [0, 0.05) is 12.5 Å². The maximum atomic E-state index is 13.2. The van der Waals surface area contributed by atoms with Crippen LogP contribution in [-0.2, 0) is 14.4 Å². The van der Waals surface area contributed by atoms with Gasteiger partial charge < -0.3 is 0 Å². The molecule has 0 unspecified atom stereocenters. The number of para-hydroxylation sites is 1.